The minimum absolute atomic E-state index is 0.303. The third-order valence-corrected chi connectivity index (χ3v) is 1.23. The lowest BCUT2D eigenvalue weighted by Gasteiger charge is -1.99. The number of anilines is 1. The lowest BCUT2D eigenvalue weighted by atomic mass is 10.4. The highest BCUT2D eigenvalue weighted by molar-refractivity contribution is 5.89. The van der Waals surface area contributed by atoms with Crippen LogP contribution in [0, 0.1) is 11.3 Å². The lowest BCUT2D eigenvalue weighted by molar-refractivity contribution is 0.254. The fourth-order valence-corrected chi connectivity index (χ4v) is 0.642. The molecule has 0 radical (unpaired) electrons. The van der Waals surface area contributed by atoms with Crippen molar-refractivity contribution in [2.24, 2.45) is 0 Å². The van der Waals surface area contributed by atoms with E-state index in [4.69, 9.17) is 5.26 Å². The molecule has 2 amide bonds. The van der Waals surface area contributed by atoms with Gasteiger partial charge in [0, 0.05) is 7.05 Å². The molecule has 0 saturated carbocycles. The number of nitriles is 1. The molecule has 1 aromatic heterocycles. The van der Waals surface area contributed by atoms with Gasteiger partial charge in [-0.2, -0.15) is 10.4 Å². The molecule has 12 heavy (non-hydrogen) atoms. The predicted octanol–water partition coefficient (Wildman–Crippen LogP) is 0.0327. The highest BCUT2D eigenvalue weighted by atomic mass is 16.2. The van der Waals surface area contributed by atoms with Gasteiger partial charge in [0.05, 0.1) is 6.20 Å². The quantitative estimate of drug-likeness (QED) is 0.548. The van der Waals surface area contributed by atoms with Gasteiger partial charge in [0.25, 0.3) is 0 Å². The van der Waals surface area contributed by atoms with Gasteiger partial charge in [-0.15, -0.1) is 0 Å². The maximum absolute atomic E-state index is 10.8. The molecule has 1 rings (SSSR count). The van der Waals surface area contributed by atoms with Crippen LogP contribution in [-0.4, -0.2) is 23.3 Å². The monoisotopic (exact) mass is 165 g/mol. The van der Waals surface area contributed by atoms with Gasteiger partial charge in [-0.25, -0.2) is 4.79 Å². The van der Waals surface area contributed by atoms with Crippen molar-refractivity contribution in [2.75, 3.05) is 12.4 Å². The number of rotatable bonds is 1. The van der Waals surface area contributed by atoms with Crippen molar-refractivity contribution in [3.63, 3.8) is 0 Å². The Morgan fingerprint density at radius 3 is 3.17 bits per heavy atom. The van der Waals surface area contributed by atoms with Crippen LogP contribution in [0.1, 0.15) is 5.56 Å². The summed E-state index contributed by atoms with van der Waals surface area (Å²) in [7, 11) is 1.48. The topological polar surface area (TPSA) is 93.6 Å². The summed E-state index contributed by atoms with van der Waals surface area (Å²) in [5, 5.41) is 19.3. The van der Waals surface area contributed by atoms with Crippen LogP contribution in [0.4, 0.5) is 10.6 Å². The molecular weight excluding hydrogens is 158 g/mol. The maximum atomic E-state index is 10.8. The zero-order valence-corrected chi connectivity index (χ0v) is 6.38. The molecule has 0 aliphatic heterocycles. The van der Waals surface area contributed by atoms with E-state index in [2.05, 4.69) is 20.8 Å². The van der Waals surface area contributed by atoms with Crippen LogP contribution in [0.2, 0.25) is 0 Å². The molecule has 6 heteroatoms. The molecule has 0 atom stereocenters. The molecule has 0 aliphatic rings. The van der Waals surface area contributed by atoms with Crippen molar-refractivity contribution in [3.8, 4) is 6.07 Å². The summed E-state index contributed by atoms with van der Waals surface area (Å²) in [5.74, 6) is 0.303. The largest absolute Gasteiger partial charge is 0.341 e. The third kappa shape index (κ3) is 1.52. The number of nitrogens with zero attached hydrogens (tertiary/aromatic N) is 2. The fraction of sp³-hybridized carbons (Fsp3) is 0.167. The van der Waals surface area contributed by atoms with Crippen molar-refractivity contribution in [1.82, 2.24) is 15.5 Å². The molecule has 0 saturated heterocycles. The molecule has 0 aliphatic carbocycles. The normalized spacial score (nSPS) is 8.67. The molecule has 1 heterocycles. The Morgan fingerprint density at radius 2 is 2.58 bits per heavy atom. The molecule has 6 nitrogen and oxygen atoms in total. The first-order valence-electron chi connectivity index (χ1n) is 3.20. The van der Waals surface area contributed by atoms with E-state index < -0.39 is 6.03 Å². The minimum atomic E-state index is -0.393. The van der Waals surface area contributed by atoms with Gasteiger partial charge in [-0.3, -0.25) is 10.4 Å². The summed E-state index contributed by atoms with van der Waals surface area (Å²) >= 11 is 0. The summed E-state index contributed by atoms with van der Waals surface area (Å²) in [6, 6.07) is 1.48. The zero-order valence-electron chi connectivity index (χ0n) is 6.38. The zero-order chi connectivity index (χ0) is 8.97. The third-order valence-electron chi connectivity index (χ3n) is 1.23. The van der Waals surface area contributed by atoms with Crippen LogP contribution in [0.25, 0.3) is 0 Å². The van der Waals surface area contributed by atoms with Crippen LogP contribution in [0.3, 0.4) is 0 Å². The first-order chi connectivity index (χ1) is 5.77. The highest BCUT2D eigenvalue weighted by Crippen LogP contribution is 2.07. The SMILES string of the molecule is CNC(=O)Nc1[nH]ncc1C#N. The van der Waals surface area contributed by atoms with Crippen molar-refractivity contribution < 1.29 is 4.79 Å². The second-order valence-corrected chi connectivity index (χ2v) is 1.97. The molecule has 0 spiro atoms. The molecule has 0 bridgehead atoms. The summed E-state index contributed by atoms with van der Waals surface area (Å²) in [6.45, 7) is 0. The van der Waals surface area contributed by atoms with E-state index in [-0.39, 0.29) is 0 Å². The van der Waals surface area contributed by atoms with Crippen molar-refractivity contribution in [3.05, 3.63) is 11.8 Å². The van der Waals surface area contributed by atoms with Gasteiger partial charge in [-0.1, -0.05) is 0 Å². The summed E-state index contributed by atoms with van der Waals surface area (Å²) < 4.78 is 0. The van der Waals surface area contributed by atoms with Gasteiger partial charge in [0.2, 0.25) is 0 Å². The molecule has 1 aromatic rings. The number of urea groups is 1. The standard InChI is InChI=1S/C6H7N5O/c1-8-6(12)10-5-4(2-7)3-9-11-5/h3H,1H3,(H3,8,9,10,11,12). The van der Waals surface area contributed by atoms with Crippen molar-refractivity contribution in [2.45, 2.75) is 0 Å². The highest BCUT2D eigenvalue weighted by Gasteiger charge is 2.05. The number of aromatic nitrogens is 2. The summed E-state index contributed by atoms with van der Waals surface area (Å²) in [6.07, 6.45) is 1.34. The van der Waals surface area contributed by atoms with Gasteiger partial charge in [-0.05, 0) is 0 Å². The molecule has 0 aromatic carbocycles. The van der Waals surface area contributed by atoms with E-state index in [1.807, 2.05) is 6.07 Å². The number of aromatic amines is 1. The van der Waals surface area contributed by atoms with Gasteiger partial charge in [0.15, 0.2) is 0 Å². The minimum Gasteiger partial charge on any atom is -0.341 e. The van der Waals surface area contributed by atoms with Gasteiger partial charge >= 0.3 is 6.03 Å². The van der Waals surface area contributed by atoms with E-state index in [9.17, 15) is 4.79 Å². The van der Waals surface area contributed by atoms with Crippen molar-refractivity contribution >= 4 is 11.8 Å². The Kier molecular flexibility index (Phi) is 2.28. The number of hydrogen-bond acceptors (Lipinski definition) is 3. The average Bonchev–Trinajstić information content (AvgIpc) is 2.51. The first-order valence-corrected chi connectivity index (χ1v) is 3.20. The number of amides is 2. The fourth-order valence-electron chi connectivity index (χ4n) is 0.642. The average molecular weight is 165 g/mol. The van der Waals surface area contributed by atoms with E-state index in [1.165, 1.54) is 13.2 Å². The van der Waals surface area contributed by atoms with Crippen LogP contribution < -0.4 is 10.6 Å². The number of H-pyrrole nitrogens is 1. The Balaban J connectivity index is 2.76. The first kappa shape index (κ1) is 8.07. The maximum Gasteiger partial charge on any atom is 0.320 e. The Labute approximate surface area is 68.6 Å². The molecular formula is C6H7N5O. The van der Waals surface area contributed by atoms with Crippen LogP contribution in [0.5, 0.6) is 0 Å². The lowest BCUT2D eigenvalue weighted by Crippen LogP contribution is -2.25. The van der Waals surface area contributed by atoms with Crippen LogP contribution >= 0.6 is 0 Å². The number of carbonyl (C=O) groups excluding carboxylic acids is 1. The van der Waals surface area contributed by atoms with Gasteiger partial charge in [0.1, 0.15) is 17.5 Å². The van der Waals surface area contributed by atoms with E-state index in [1.54, 1.807) is 0 Å². The van der Waals surface area contributed by atoms with E-state index in [0.717, 1.165) is 0 Å². The number of carbonyl (C=O) groups is 1. The summed E-state index contributed by atoms with van der Waals surface area (Å²) in [4.78, 5) is 10.8. The molecule has 62 valence electrons. The summed E-state index contributed by atoms with van der Waals surface area (Å²) in [5.41, 5.74) is 0.304. The Hall–Kier alpha value is -2.03. The molecule has 0 unspecified atom stereocenters. The molecule has 3 N–H and O–H groups in total. The predicted molar refractivity (Wildman–Crippen MR) is 41.4 cm³/mol. The van der Waals surface area contributed by atoms with E-state index in [0.29, 0.717) is 11.4 Å². The number of hydrogen-bond donors (Lipinski definition) is 3. The molecule has 0 fully saturated rings. The smallest absolute Gasteiger partial charge is 0.320 e. The number of nitrogens with one attached hydrogen (secondary N) is 3. The second kappa shape index (κ2) is 3.39. The van der Waals surface area contributed by atoms with Crippen molar-refractivity contribution in [1.29, 1.82) is 5.26 Å². The Bertz CT molecular complexity index is 323. The van der Waals surface area contributed by atoms with Crippen LogP contribution in [-0.2, 0) is 0 Å². The van der Waals surface area contributed by atoms with Crippen LogP contribution in [0.15, 0.2) is 6.20 Å². The second-order valence-electron chi connectivity index (χ2n) is 1.97. The Morgan fingerprint density at radius 1 is 1.83 bits per heavy atom. The van der Waals surface area contributed by atoms with Gasteiger partial charge < -0.3 is 5.32 Å². The van der Waals surface area contributed by atoms with E-state index >= 15 is 0 Å².